The second-order valence-corrected chi connectivity index (χ2v) is 3.56. The highest BCUT2D eigenvalue weighted by Crippen LogP contribution is 2.25. The molecule has 0 aliphatic rings. The number of nitrogens with one attached hydrogen (secondary N) is 1. The van der Waals surface area contributed by atoms with Crippen molar-refractivity contribution < 1.29 is 8.78 Å². The molecule has 0 aliphatic heterocycles. The van der Waals surface area contributed by atoms with E-state index in [2.05, 4.69) is 25.9 Å². The van der Waals surface area contributed by atoms with Gasteiger partial charge in [-0.1, -0.05) is 0 Å². The van der Waals surface area contributed by atoms with Crippen LogP contribution in [-0.2, 0) is 0 Å². The fourth-order valence-electron chi connectivity index (χ4n) is 1.18. The van der Waals surface area contributed by atoms with Gasteiger partial charge < -0.3 is 4.98 Å². The Morgan fingerprint density at radius 3 is 2.77 bits per heavy atom. The molecule has 1 heterocycles. The van der Waals surface area contributed by atoms with E-state index in [1.165, 1.54) is 6.07 Å². The van der Waals surface area contributed by atoms with Crippen LogP contribution in [0, 0.1) is 18.6 Å². The van der Waals surface area contributed by atoms with Crippen molar-refractivity contribution in [2.45, 2.75) is 6.92 Å². The summed E-state index contributed by atoms with van der Waals surface area (Å²) in [6, 6.07) is 1.47. The summed E-state index contributed by atoms with van der Waals surface area (Å²) in [4.78, 5) is 6.64. The second kappa shape index (κ2) is 2.77. The molecular formula is C8H5BrF2N2. The Kier molecular flexibility index (Phi) is 1.83. The zero-order valence-electron chi connectivity index (χ0n) is 6.66. The summed E-state index contributed by atoms with van der Waals surface area (Å²) in [6.07, 6.45) is 0. The molecule has 0 fully saturated rings. The quantitative estimate of drug-likeness (QED) is 0.712. The van der Waals surface area contributed by atoms with Crippen LogP contribution in [0.5, 0.6) is 0 Å². The summed E-state index contributed by atoms with van der Waals surface area (Å²) >= 11 is 2.91. The molecule has 2 nitrogen and oxygen atoms in total. The molecule has 2 rings (SSSR count). The van der Waals surface area contributed by atoms with Crippen LogP contribution in [-0.4, -0.2) is 9.97 Å². The molecule has 5 heteroatoms. The van der Waals surface area contributed by atoms with Crippen LogP contribution >= 0.6 is 15.9 Å². The van der Waals surface area contributed by atoms with E-state index in [4.69, 9.17) is 0 Å². The number of imidazole rings is 1. The van der Waals surface area contributed by atoms with Crippen molar-refractivity contribution in [3.63, 3.8) is 0 Å². The van der Waals surface area contributed by atoms with Crippen molar-refractivity contribution in [3.8, 4) is 0 Å². The number of H-pyrrole nitrogens is 1. The van der Waals surface area contributed by atoms with Gasteiger partial charge in [-0.3, -0.25) is 0 Å². The maximum atomic E-state index is 13.2. The SMILES string of the molecule is Cc1nc2c(F)c(F)c(Br)cc2[nH]1. The van der Waals surface area contributed by atoms with Crippen molar-refractivity contribution in [1.29, 1.82) is 0 Å². The van der Waals surface area contributed by atoms with Crippen molar-refractivity contribution in [2.75, 3.05) is 0 Å². The predicted octanol–water partition coefficient (Wildman–Crippen LogP) is 2.91. The Morgan fingerprint density at radius 1 is 1.38 bits per heavy atom. The predicted molar refractivity (Wildman–Crippen MR) is 48.4 cm³/mol. The molecule has 0 radical (unpaired) electrons. The number of aromatic nitrogens is 2. The van der Waals surface area contributed by atoms with E-state index in [0.717, 1.165) is 0 Å². The maximum absolute atomic E-state index is 13.2. The Balaban J connectivity index is 2.92. The van der Waals surface area contributed by atoms with E-state index in [0.29, 0.717) is 11.3 Å². The minimum absolute atomic E-state index is 0.0400. The van der Waals surface area contributed by atoms with Gasteiger partial charge in [-0.2, -0.15) is 0 Å². The molecule has 0 saturated carbocycles. The summed E-state index contributed by atoms with van der Waals surface area (Å²) in [7, 11) is 0. The Morgan fingerprint density at radius 2 is 2.08 bits per heavy atom. The summed E-state index contributed by atoms with van der Waals surface area (Å²) in [6.45, 7) is 1.69. The largest absolute Gasteiger partial charge is 0.342 e. The van der Waals surface area contributed by atoms with Gasteiger partial charge in [0.25, 0.3) is 0 Å². The summed E-state index contributed by atoms with van der Waals surface area (Å²) in [5.74, 6) is -1.26. The van der Waals surface area contributed by atoms with Gasteiger partial charge in [-0.25, -0.2) is 13.8 Å². The summed E-state index contributed by atoms with van der Waals surface area (Å²) < 4.78 is 26.3. The second-order valence-electron chi connectivity index (χ2n) is 2.70. The number of rotatable bonds is 0. The number of benzene rings is 1. The zero-order valence-corrected chi connectivity index (χ0v) is 8.24. The topological polar surface area (TPSA) is 28.7 Å². The van der Waals surface area contributed by atoms with Gasteiger partial charge in [0.15, 0.2) is 11.6 Å². The monoisotopic (exact) mass is 246 g/mol. The fourth-order valence-corrected chi connectivity index (χ4v) is 1.58. The highest BCUT2D eigenvalue weighted by atomic mass is 79.9. The molecule has 0 bridgehead atoms. The molecule has 1 aromatic carbocycles. The molecule has 0 aliphatic carbocycles. The van der Waals surface area contributed by atoms with E-state index in [-0.39, 0.29) is 9.99 Å². The lowest BCUT2D eigenvalue weighted by molar-refractivity contribution is 0.511. The number of nitrogens with zero attached hydrogens (tertiary/aromatic N) is 1. The van der Waals surface area contributed by atoms with Crippen LogP contribution in [0.15, 0.2) is 10.5 Å². The first-order valence-electron chi connectivity index (χ1n) is 3.59. The molecule has 13 heavy (non-hydrogen) atoms. The Bertz CT molecular complexity index is 478. The van der Waals surface area contributed by atoms with Crippen LogP contribution < -0.4 is 0 Å². The minimum atomic E-state index is -0.922. The fraction of sp³-hybridized carbons (Fsp3) is 0.125. The molecule has 0 saturated heterocycles. The van der Waals surface area contributed by atoms with Gasteiger partial charge in [0.2, 0.25) is 0 Å². The molecule has 0 amide bonds. The highest BCUT2D eigenvalue weighted by Gasteiger charge is 2.14. The minimum Gasteiger partial charge on any atom is -0.342 e. The lowest BCUT2D eigenvalue weighted by Crippen LogP contribution is -1.87. The van der Waals surface area contributed by atoms with E-state index in [9.17, 15) is 8.78 Å². The van der Waals surface area contributed by atoms with Gasteiger partial charge in [0, 0.05) is 0 Å². The van der Waals surface area contributed by atoms with Crippen LogP contribution in [0.3, 0.4) is 0 Å². The summed E-state index contributed by atoms with van der Waals surface area (Å²) in [5, 5.41) is 0. The van der Waals surface area contributed by atoms with E-state index >= 15 is 0 Å². The van der Waals surface area contributed by atoms with E-state index < -0.39 is 11.6 Å². The first-order valence-corrected chi connectivity index (χ1v) is 4.38. The van der Waals surface area contributed by atoms with Gasteiger partial charge in [-0.05, 0) is 28.9 Å². The average Bonchev–Trinajstić information content (AvgIpc) is 2.42. The van der Waals surface area contributed by atoms with Crippen LogP contribution in [0.25, 0.3) is 11.0 Å². The molecule has 0 unspecified atom stereocenters. The molecule has 68 valence electrons. The van der Waals surface area contributed by atoms with Crippen molar-refractivity contribution >= 4 is 27.0 Å². The molecule has 0 atom stereocenters. The molecular weight excluding hydrogens is 242 g/mol. The van der Waals surface area contributed by atoms with Gasteiger partial charge >= 0.3 is 0 Å². The first kappa shape index (κ1) is 8.62. The van der Waals surface area contributed by atoms with Crippen molar-refractivity contribution in [2.24, 2.45) is 0 Å². The van der Waals surface area contributed by atoms with E-state index in [1.807, 2.05) is 0 Å². The lowest BCUT2D eigenvalue weighted by atomic mass is 10.3. The number of aromatic amines is 1. The Hall–Kier alpha value is -0.970. The molecule has 1 N–H and O–H groups in total. The highest BCUT2D eigenvalue weighted by molar-refractivity contribution is 9.10. The first-order chi connectivity index (χ1) is 6.09. The molecule has 2 aromatic rings. The number of hydrogen-bond donors (Lipinski definition) is 1. The van der Waals surface area contributed by atoms with Crippen LogP contribution in [0.1, 0.15) is 5.82 Å². The lowest BCUT2D eigenvalue weighted by Gasteiger charge is -1.95. The van der Waals surface area contributed by atoms with Crippen LogP contribution in [0.4, 0.5) is 8.78 Å². The standard InChI is InChI=1S/C8H5BrF2N2/c1-3-12-5-2-4(9)6(10)7(11)8(5)13-3/h2H,1H3,(H,12,13). The maximum Gasteiger partial charge on any atom is 0.187 e. The smallest absolute Gasteiger partial charge is 0.187 e. The molecule has 0 spiro atoms. The summed E-state index contributed by atoms with van der Waals surface area (Å²) in [5.41, 5.74) is 0.529. The van der Waals surface area contributed by atoms with E-state index in [1.54, 1.807) is 6.92 Å². The normalized spacial score (nSPS) is 11.1. The van der Waals surface area contributed by atoms with Gasteiger partial charge in [-0.15, -0.1) is 0 Å². The number of fused-ring (bicyclic) bond motifs is 1. The zero-order chi connectivity index (χ0) is 9.59. The van der Waals surface area contributed by atoms with Crippen LogP contribution in [0.2, 0.25) is 0 Å². The molecule has 1 aromatic heterocycles. The van der Waals surface area contributed by atoms with Crippen molar-refractivity contribution in [3.05, 3.63) is 28.0 Å². The third-order valence-corrected chi connectivity index (χ3v) is 2.31. The number of aryl methyl sites for hydroxylation is 1. The third-order valence-electron chi connectivity index (χ3n) is 1.73. The number of hydrogen-bond acceptors (Lipinski definition) is 1. The average molecular weight is 247 g/mol. The number of halogens is 3. The third kappa shape index (κ3) is 1.23. The van der Waals surface area contributed by atoms with Crippen molar-refractivity contribution in [1.82, 2.24) is 9.97 Å². The van der Waals surface area contributed by atoms with Gasteiger partial charge in [0.1, 0.15) is 11.3 Å². The van der Waals surface area contributed by atoms with Gasteiger partial charge in [0.05, 0.1) is 9.99 Å². The Labute approximate surface area is 81.1 Å².